The number of carbonyl (C=O) groups excluding carboxylic acids is 1. The first kappa shape index (κ1) is 12.6. The lowest BCUT2D eigenvalue weighted by Gasteiger charge is -2.09. The van der Waals surface area contributed by atoms with Crippen LogP contribution in [-0.4, -0.2) is 18.5 Å². The first-order valence-electron chi connectivity index (χ1n) is 6.29. The highest BCUT2D eigenvalue weighted by Crippen LogP contribution is 2.15. The minimum Gasteiger partial charge on any atom is -0.351 e. The molecule has 1 atom stereocenters. The highest BCUT2D eigenvalue weighted by atomic mass is 32.1. The molecule has 2 heterocycles. The summed E-state index contributed by atoms with van der Waals surface area (Å²) in [6, 6.07) is 2.65. The second-order valence-corrected chi connectivity index (χ2v) is 5.64. The van der Waals surface area contributed by atoms with Crippen molar-refractivity contribution in [1.29, 1.82) is 0 Å². The van der Waals surface area contributed by atoms with E-state index >= 15 is 0 Å². The van der Waals surface area contributed by atoms with Gasteiger partial charge in [-0.2, -0.15) is 0 Å². The van der Waals surface area contributed by atoms with Gasteiger partial charge in [0.1, 0.15) is 0 Å². The molecule has 0 bridgehead atoms. The summed E-state index contributed by atoms with van der Waals surface area (Å²) >= 11 is 1.71. The van der Waals surface area contributed by atoms with Gasteiger partial charge in [0.2, 0.25) is 5.91 Å². The van der Waals surface area contributed by atoms with Crippen LogP contribution in [0.2, 0.25) is 0 Å². The Hall–Kier alpha value is -0.870. The molecule has 1 aliphatic rings. The van der Waals surface area contributed by atoms with Crippen LogP contribution in [0.25, 0.3) is 0 Å². The molecule has 0 aromatic carbocycles. The van der Waals surface area contributed by atoms with Crippen molar-refractivity contribution in [3.8, 4) is 0 Å². The number of aryl methyl sites for hydroxylation is 1. The molecule has 1 saturated heterocycles. The Morgan fingerprint density at radius 2 is 2.53 bits per heavy atom. The van der Waals surface area contributed by atoms with Gasteiger partial charge in [-0.25, -0.2) is 0 Å². The summed E-state index contributed by atoms with van der Waals surface area (Å²) in [7, 11) is 0. The highest BCUT2D eigenvalue weighted by Gasteiger charge is 2.15. The Bertz CT molecular complexity index is 369. The van der Waals surface area contributed by atoms with E-state index in [0.717, 1.165) is 13.0 Å². The van der Waals surface area contributed by atoms with E-state index in [1.165, 1.54) is 23.3 Å². The maximum absolute atomic E-state index is 11.7. The maximum atomic E-state index is 11.7. The van der Waals surface area contributed by atoms with Crippen molar-refractivity contribution in [3.63, 3.8) is 0 Å². The first-order valence-corrected chi connectivity index (χ1v) is 7.16. The molecule has 4 heteroatoms. The normalized spacial score (nSPS) is 19.5. The molecule has 0 saturated carbocycles. The number of carbonyl (C=O) groups is 1. The number of nitrogens with one attached hydrogen (secondary N) is 2. The van der Waals surface area contributed by atoms with Crippen LogP contribution in [0.4, 0.5) is 0 Å². The second-order valence-electron chi connectivity index (χ2n) is 4.64. The van der Waals surface area contributed by atoms with Gasteiger partial charge in [0.15, 0.2) is 0 Å². The number of rotatable bonds is 5. The average molecular weight is 252 g/mol. The van der Waals surface area contributed by atoms with Crippen molar-refractivity contribution >= 4 is 17.2 Å². The molecule has 0 radical (unpaired) electrons. The Balaban J connectivity index is 1.65. The fourth-order valence-electron chi connectivity index (χ4n) is 2.16. The lowest BCUT2D eigenvalue weighted by atomic mass is 10.1. The van der Waals surface area contributed by atoms with E-state index < -0.39 is 0 Å². The molecule has 3 nitrogen and oxygen atoms in total. The molecule has 94 valence electrons. The van der Waals surface area contributed by atoms with Gasteiger partial charge in [-0.05, 0) is 49.7 Å². The van der Waals surface area contributed by atoms with E-state index in [0.29, 0.717) is 19.0 Å². The predicted molar refractivity (Wildman–Crippen MR) is 71.2 cm³/mol. The SMILES string of the molecule is Cc1ccsc1CNC(=O)CCC1CCCN1. The van der Waals surface area contributed by atoms with Crippen molar-refractivity contribution < 1.29 is 4.79 Å². The zero-order chi connectivity index (χ0) is 12.1. The summed E-state index contributed by atoms with van der Waals surface area (Å²) in [4.78, 5) is 12.9. The third-order valence-electron chi connectivity index (χ3n) is 3.30. The molecule has 2 N–H and O–H groups in total. The van der Waals surface area contributed by atoms with Gasteiger partial charge in [0.05, 0.1) is 6.54 Å². The van der Waals surface area contributed by atoms with Crippen LogP contribution in [0.1, 0.15) is 36.1 Å². The number of amides is 1. The van der Waals surface area contributed by atoms with Crippen molar-refractivity contribution in [2.24, 2.45) is 0 Å². The van der Waals surface area contributed by atoms with Crippen LogP contribution in [0.3, 0.4) is 0 Å². The van der Waals surface area contributed by atoms with Crippen LogP contribution in [0.15, 0.2) is 11.4 Å². The van der Waals surface area contributed by atoms with Crippen LogP contribution < -0.4 is 10.6 Å². The Morgan fingerprint density at radius 3 is 3.18 bits per heavy atom. The van der Waals surface area contributed by atoms with Gasteiger partial charge < -0.3 is 10.6 Å². The fraction of sp³-hybridized carbons (Fsp3) is 0.615. The molecular weight excluding hydrogens is 232 g/mol. The number of hydrogen-bond acceptors (Lipinski definition) is 3. The minimum absolute atomic E-state index is 0.173. The molecule has 1 unspecified atom stereocenters. The van der Waals surface area contributed by atoms with Gasteiger partial charge >= 0.3 is 0 Å². The van der Waals surface area contributed by atoms with E-state index in [1.54, 1.807) is 11.3 Å². The molecule has 2 rings (SSSR count). The third-order valence-corrected chi connectivity index (χ3v) is 4.32. The van der Waals surface area contributed by atoms with Crippen molar-refractivity contribution in [2.75, 3.05) is 6.54 Å². The van der Waals surface area contributed by atoms with E-state index in [2.05, 4.69) is 29.0 Å². The average Bonchev–Trinajstić information content (AvgIpc) is 2.95. The Kier molecular flexibility index (Phi) is 4.57. The molecule has 0 spiro atoms. The topological polar surface area (TPSA) is 41.1 Å². The zero-order valence-corrected chi connectivity index (χ0v) is 11.1. The summed E-state index contributed by atoms with van der Waals surface area (Å²) in [5.41, 5.74) is 1.27. The predicted octanol–water partition coefficient (Wildman–Crippen LogP) is 2.20. The lowest BCUT2D eigenvalue weighted by Crippen LogP contribution is -2.27. The second kappa shape index (κ2) is 6.17. The molecule has 1 aliphatic heterocycles. The van der Waals surface area contributed by atoms with Gasteiger partial charge in [-0.15, -0.1) is 11.3 Å². The third kappa shape index (κ3) is 3.82. The van der Waals surface area contributed by atoms with Crippen molar-refractivity contribution in [2.45, 2.75) is 45.2 Å². The van der Waals surface area contributed by atoms with E-state index in [9.17, 15) is 4.79 Å². The molecule has 1 amide bonds. The highest BCUT2D eigenvalue weighted by molar-refractivity contribution is 7.10. The summed E-state index contributed by atoms with van der Waals surface area (Å²) < 4.78 is 0. The van der Waals surface area contributed by atoms with Crippen molar-refractivity contribution in [1.82, 2.24) is 10.6 Å². The number of thiophene rings is 1. The zero-order valence-electron chi connectivity index (χ0n) is 10.3. The quantitative estimate of drug-likeness (QED) is 0.843. The van der Waals surface area contributed by atoms with E-state index in [-0.39, 0.29) is 5.91 Å². The molecule has 1 fully saturated rings. The fourth-order valence-corrected chi connectivity index (χ4v) is 3.01. The standard InChI is InChI=1S/C13H20N2OS/c1-10-6-8-17-12(10)9-15-13(16)5-4-11-3-2-7-14-11/h6,8,11,14H,2-5,7,9H2,1H3,(H,15,16). The minimum atomic E-state index is 0.173. The van der Waals surface area contributed by atoms with Crippen LogP contribution >= 0.6 is 11.3 Å². The van der Waals surface area contributed by atoms with E-state index in [4.69, 9.17) is 0 Å². The van der Waals surface area contributed by atoms with Gasteiger partial charge in [-0.1, -0.05) is 0 Å². The lowest BCUT2D eigenvalue weighted by molar-refractivity contribution is -0.121. The molecular formula is C13H20N2OS. The number of hydrogen-bond donors (Lipinski definition) is 2. The summed E-state index contributed by atoms with van der Waals surface area (Å²) in [6.45, 7) is 3.88. The maximum Gasteiger partial charge on any atom is 0.220 e. The van der Waals surface area contributed by atoms with E-state index in [1.807, 2.05) is 0 Å². The smallest absolute Gasteiger partial charge is 0.220 e. The molecule has 17 heavy (non-hydrogen) atoms. The first-order chi connectivity index (χ1) is 8.25. The summed E-state index contributed by atoms with van der Waals surface area (Å²) in [5, 5.41) is 8.48. The molecule has 1 aromatic rings. The Morgan fingerprint density at radius 1 is 1.65 bits per heavy atom. The van der Waals surface area contributed by atoms with Gasteiger partial charge in [0, 0.05) is 17.3 Å². The van der Waals surface area contributed by atoms with Crippen LogP contribution in [-0.2, 0) is 11.3 Å². The van der Waals surface area contributed by atoms with Crippen LogP contribution in [0.5, 0.6) is 0 Å². The summed E-state index contributed by atoms with van der Waals surface area (Å²) in [6.07, 6.45) is 4.08. The Labute approximate surface area is 107 Å². The van der Waals surface area contributed by atoms with Crippen molar-refractivity contribution in [3.05, 3.63) is 21.9 Å². The monoisotopic (exact) mass is 252 g/mol. The molecule has 0 aliphatic carbocycles. The van der Waals surface area contributed by atoms with Gasteiger partial charge in [-0.3, -0.25) is 4.79 Å². The largest absolute Gasteiger partial charge is 0.351 e. The summed E-state index contributed by atoms with van der Waals surface area (Å²) in [5.74, 6) is 0.173. The van der Waals surface area contributed by atoms with Gasteiger partial charge in [0.25, 0.3) is 0 Å². The van der Waals surface area contributed by atoms with Crippen LogP contribution in [0, 0.1) is 6.92 Å². The molecule has 1 aromatic heterocycles.